The summed E-state index contributed by atoms with van der Waals surface area (Å²) < 4.78 is 4.33. The molecule has 2 aromatic heterocycles. The molecule has 142 valence electrons. The fourth-order valence-electron chi connectivity index (χ4n) is 3.00. The van der Waals surface area contributed by atoms with Crippen molar-refractivity contribution in [2.24, 2.45) is 4.99 Å². The van der Waals surface area contributed by atoms with Gasteiger partial charge in [-0.2, -0.15) is 0 Å². The molecular formula is C21H18Cl2N4S. The molecule has 0 bridgehead atoms. The van der Waals surface area contributed by atoms with Crippen molar-refractivity contribution in [1.82, 2.24) is 14.1 Å². The first-order chi connectivity index (χ1) is 13.7. The second kappa shape index (κ2) is 8.78. The van der Waals surface area contributed by atoms with Gasteiger partial charge in [-0.05, 0) is 36.8 Å². The van der Waals surface area contributed by atoms with E-state index in [2.05, 4.69) is 25.6 Å². The molecule has 0 unspecified atom stereocenters. The molecule has 0 atom stereocenters. The molecule has 0 aliphatic rings. The molecule has 0 fully saturated rings. The van der Waals surface area contributed by atoms with E-state index >= 15 is 0 Å². The first-order valence-corrected chi connectivity index (χ1v) is 10.5. The van der Waals surface area contributed by atoms with Crippen LogP contribution in [-0.2, 0) is 13.1 Å². The quantitative estimate of drug-likeness (QED) is 0.368. The van der Waals surface area contributed by atoms with Crippen molar-refractivity contribution in [2.75, 3.05) is 0 Å². The summed E-state index contributed by atoms with van der Waals surface area (Å²) in [6.45, 7) is 1.73. The van der Waals surface area contributed by atoms with E-state index in [1.54, 1.807) is 17.5 Å². The molecule has 4 rings (SSSR count). The van der Waals surface area contributed by atoms with Gasteiger partial charge in [0, 0.05) is 46.5 Å². The van der Waals surface area contributed by atoms with Crippen molar-refractivity contribution in [1.29, 1.82) is 0 Å². The van der Waals surface area contributed by atoms with Crippen LogP contribution in [0.5, 0.6) is 0 Å². The summed E-state index contributed by atoms with van der Waals surface area (Å²) in [7, 11) is 0. The molecule has 2 heterocycles. The Morgan fingerprint density at radius 3 is 2.57 bits per heavy atom. The average molecular weight is 429 g/mol. The molecule has 0 N–H and O–H groups in total. The van der Waals surface area contributed by atoms with Crippen LogP contribution in [0.3, 0.4) is 0 Å². The van der Waals surface area contributed by atoms with Gasteiger partial charge in [0.15, 0.2) is 4.80 Å². The van der Waals surface area contributed by atoms with Crippen LogP contribution in [0.2, 0.25) is 10.0 Å². The maximum atomic E-state index is 6.22. The van der Waals surface area contributed by atoms with E-state index in [1.165, 1.54) is 0 Å². The van der Waals surface area contributed by atoms with Gasteiger partial charge in [-0.25, -0.2) is 9.98 Å². The van der Waals surface area contributed by atoms with Gasteiger partial charge in [0.1, 0.15) is 0 Å². The van der Waals surface area contributed by atoms with E-state index in [4.69, 9.17) is 28.2 Å². The van der Waals surface area contributed by atoms with Gasteiger partial charge < -0.3 is 9.13 Å². The minimum Gasteiger partial charge on any atom is -0.337 e. The van der Waals surface area contributed by atoms with Gasteiger partial charge in [-0.3, -0.25) is 0 Å². The lowest BCUT2D eigenvalue weighted by Crippen LogP contribution is -2.17. The summed E-state index contributed by atoms with van der Waals surface area (Å²) in [6.07, 6.45) is 6.58. The number of thiazole rings is 1. The Balaban J connectivity index is 1.71. The number of imidazole rings is 1. The summed E-state index contributed by atoms with van der Waals surface area (Å²) in [6, 6.07) is 15.5. The van der Waals surface area contributed by atoms with E-state index in [9.17, 15) is 0 Å². The van der Waals surface area contributed by atoms with E-state index in [0.717, 1.165) is 46.3 Å². The van der Waals surface area contributed by atoms with Crippen molar-refractivity contribution in [3.05, 3.63) is 87.5 Å². The largest absolute Gasteiger partial charge is 0.337 e. The lowest BCUT2D eigenvalue weighted by molar-refractivity contribution is 0.559. The zero-order valence-electron chi connectivity index (χ0n) is 15.0. The number of hydrogen-bond donors (Lipinski definition) is 0. The van der Waals surface area contributed by atoms with Crippen LogP contribution in [0.25, 0.3) is 11.3 Å². The molecule has 0 saturated heterocycles. The van der Waals surface area contributed by atoms with Crippen molar-refractivity contribution < 1.29 is 0 Å². The zero-order chi connectivity index (χ0) is 19.3. The minimum atomic E-state index is 0.680. The molecule has 2 aromatic carbocycles. The Hall–Kier alpha value is -2.34. The van der Waals surface area contributed by atoms with Crippen molar-refractivity contribution in [3.8, 4) is 11.3 Å². The summed E-state index contributed by atoms with van der Waals surface area (Å²) in [5, 5.41) is 3.54. The first kappa shape index (κ1) is 19.0. The number of hydrogen-bond acceptors (Lipinski definition) is 3. The lowest BCUT2D eigenvalue weighted by atomic mass is 10.2. The van der Waals surface area contributed by atoms with Crippen LogP contribution in [0.15, 0.2) is 77.6 Å². The molecule has 0 radical (unpaired) electrons. The van der Waals surface area contributed by atoms with Gasteiger partial charge in [0.2, 0.25) is 0 Å². The maximum absolute atomic E-state index is 6.22. The highest BCUT2D eigenvalue weighted by atomic mass is 35.5. The molecule has 7 heteroatoms. The Morgan fingerprint density at radius 2 is 1.82 bits per heavy atom. The van der Waals surface area contributed by atoms with Crippen LogP contribution in [0.4, 0.5) is 5.69 Å². The van der Waals surface area contributed by atoms with Gasteiger partial charge in [-0.1, -0.05) is 41.4 Å². The van der Waals surface area contributed by atoms with Crippen molar-refractivity contribution in [2.45, 2.75) is 19.5 Å². The molecule has 0 saturated carbocycles. The number of nitrogens with zero attached hydrogens (tertiary/aromatic N) is 4. The highest BCUT2D eigenvalue weighted by Gasteiger charge is 2.09. The summed E-state index contributed by atoms with van der Waals surface area (Å²) in [5.74, 6) is 0. The molecule has 4 aromatic rings. The minimum absolute atomic E-state index is 0.680. The first-order valence-electron chi connectivity index (χ1n) is 8.89. The topological polar surface area (TPSA) is 35.1 Å². The third-order valence-corrected chi connectivity index (χ3v) is 5.64. The third-order valence-electron chi connectivity index (χ3n) is 4.31. The molecular weight excluding hydrogens is 411 g/mol. The second-order valence-corrected chi connectivity index (χ2v) is 8.02. The summed E-state index contributed by atoms with van der Waals surface area (Å²) >= 11 is 14.0. The fraction of sp³-hybridized carbons (Fsp3) is 0.143. The van der Waals surface area contributed by atoms with Crippen molar-refractivity contribution >= 4 is 40.2 Å². The standard InChI is InChI=1S/C21H18Cl2N4S/c22-17-5-1-4-16(12-17)20-14-28-21(25-19-7-2-6-18(23)13-19)27(20)10-3-9-26-11-8-24-15-26/h1-2,4-8,11-15H,3,9-10H2. The van der Waals surface area contributed by atoms with Gasteiger partial charge in [0.05, 0.1) is 17.7 Å². The van der Waals surface area contributed by atoms with Gasteiger partial charge in [-0.15, -0.1) is 11.3 Å². The van der Waals surface area contributed by atoms with Crippen LogP contribution in [-0.4, -0.2) is 14.1 Å². The number of rotatable bonds is 6. The Kier molecular flexibility index (Phi) is 5.95. The number of benzene rings is 2. The molecule has 0 amide bonds. The average Bonchev–Trinajstić information content (AvgIpc) is 3.33. The predicted octanol–water partition coefficient (Wildman–Crippen LogP) is 6.04. The Labute approximate surface area is 177 Å². The molecule has 0 aliphatic carbocycles. The van der Waals surface area contributed by atoms with E-state index < -0.39 is 0 Å². The van der Waals surface area contributed by atoms with E-state index in [0.29, 0.717) is 5.02 Å². The highest BCUT2D eigenvalue weighted by Crippen LogP contribution is 2.24. The molecule has 4 nitrogen and oxygen atoms in total. The zero-order valence-corrected chi connectivity index (χ0v) is 17.3. The monoisotopic (exact) mass is 428 g/mol. The van der Waals surface area contributed by atoms with Gasteiger partial charge >= 0.3 is 0 Å². The van der Waals surface area contributed by atoms with E-state index in [1.807, 2.05) is 55.0 Å². The summed E-state index contributed by atoms with van der Waals surface area (Å²) in [4.78, 5) is 9.87. The molecule has 28 heavy (non-hydrogen) atoms. The van der Waals surface area contributed by atoms with Crippen molar-refractivity contribution in [3.63, 3.8) is 0 Å². The predicted molar refractivity (Wildman–Crippen MR) is 116 cm³/mol. The Bertz CT molecular complexity index is 1130. The molecule has 0 aliphatic heterocycles. The summed E-state index contributed by atoms with van der Waals surface area (Å²) in [5.41, 5.74) is 3.04. The van der Waals surface area contributed by atoms with Crippen LogP contribution in [0, 0.1) is 0 Å². The highest BCUT2D eigenvalue weighted by molar-refractivity contribution is 7.07. The van der Waals surface area contributed by atoms with Crippen LogP contribution in [0.1, 0.15) is 6.42 Å². The van der Waals surface area contributed by atoms with Crippen LogP contribution < -0.4 is 4.80 Å². The number of aryl methyl sites for hydroxylation is 1. The number of halogens is 2. The number of aromatic nitrogens is 3. The maximum Gasteiger partial charge on any atom is 0.190 e. The second-order valence-electron chi connectivity index (χ2n) is 6.31. The fourth-order valence-corrected chi connectivity index (χ4v) is 4.33. The Morgan fingerprint density at radius 1 is 1.00 bits per heavy atom. The normalized spacial score (nSPS) is 11.9. The lowest BCUT2D eigenvalue weighted by Gasteiger charge is -2.10. The van der Waals surface area contributed by atoms with E-state index in [-0.39, 0.29) is 0 Å². The van der Waals surface area contributed by atoms with Gasteiger partial charge in [0.25, 0.3) is 0 Å². The smallest absolute Gasteiger partial charge is 0.190 e. The SMILES string of the molecule is Clc1cccc(N=c2scc(-c3cccc(Cl)c3)n2CCCn2ccnc2)c1. The third kappa shape index (κ3) is 4.55. The van der Waals surface area contributed by atoms with Crippen LogP contribution >= 0.6 is 34.5 Å². The molecule has 0 spiro atoms.